The molecule has 0 radical (unpaired) electrons. The lowest BCUT2D eigenvalue weighted by molar-refractivity contribution is 0.150. The molecule has 38 heavy (non-hydrogen) atoms. The number of benzene rings is 2. The van der Waals surface area contributed by atoms with Crippen LogP contribution in [0.1, 0.15) is 24.1 Å². The molecule has 1 aliphatic heterocycles. The molecule has 1 atom stereocenters. The maximum absolute atomic E-state index is 13.7. The van der Waals surface area contributed by atoms with E-state index in [2.05, 4.69) is 21.7 Å². The Hall–Kier alpha value is -3.45. The zero-order chi connectivity index (χ0) is 26.3. The van der Waals surface area contributed by atoms with E-state index in [1.54, 1.807) is 43.4 Å². The Bertz CT molecular complexity index is 1520. The third kappa shape index (κ3) is 4.99. The van der Waals surface area contributed by atoms with Crippen LogP contribution in [-0.4, -0.2) is 40.1 Å². The van der Waals surface area contributed by atoms with Gasteiger partial charge in [-0.1, -0.05) is 42.4 Å². The minimum absolute atomic E-state index is 0. The van der Waals surface area contributed by atoms with Crippen molar-refractivity contribution in [1.82, 2.24) is 14.5 Å². The minimum Gasteiger partial charge on any atom is -0.364 e. The summed E-state index contributed by atoms with van der Waals surface area (Å²) in [5.74, 6) is -0.418. The van der Waals surface area contributed by atoms with Crippen molar-refractivity contribution < 1.29 is 8.78 Å². The third-order valence-electron chi connectivity index (χ3n) is 6.96. The number of anilines is 1. The molecule has 196 valence electrons. The van der Waals surface area contributed by atoms with Crippen LogP contribution < -0.4 is 10.5 Å². The summed E-state index contributed by atoms with van der Waals surface area (Å²) < 4.78 is 28.9. The number of hydrogen-bond acceptors (Lipinski definition) is 4. The number of rotatable bonds is 4. The largest absolute Gasteiger partial charge is 0.364 e. The predicted octanol–water partition coefficient (Wildman–Crippen LogP) is 5.83. The van der Waals surface area contributed by atoms with Crippen LogP contribution in [0.25, 0.3) is 15.9 Å². The molecule has 1 fully saturated rings. The summed E-state index contributed by atoms with van der Waals surface area (Å²) in [5.41, 5.74) is 3.10. The number of halogens is 3. The van der Waals surface area contributed by atoms with E-state index < -0.39 is 0 Å². The number of nitrogens with zero attached hydrogens (tertiary/aromatic N) is 5. The molecule has 2 aromatic heterocycles. The van der Waals surface area contributed by atoms with Gasteiger partial charge in [-0.25, -0.2) is 8.78 Å². The van der Waals surface area contributed by atoms with E-state index in [1.807, 2.05) is 4.90 Å². The molecule has 0 saturated carbocycles. The lowest BCUT2D eigenvalue weighted by atomic mass is 9.94. The van der Waals surface area contributed by atoms with Crippen LogP contribution in [-0.2, 0) is 7.05 Å². The fourth-order valence-electron chi connectivity index (χ4n) is 5.12. The molecule has 6 nitrogen and oxygen atoms in total. The van der Waals surface area contributed by atoms with E-state index in [1.165, 1.54) is 28.8 Å². The van der Waals surface area contributed by atoms with Crippen LogP contribution in [0, 0.1) is 18.2 Å². The molecular weight excluding hydrogens is 528 g/mol. The van der Waals surface area contributed by atoms with E-state index >= 15 is 0 Å². The van der Waals surface area contributed by atoms with Crippen molar-refractivity contribution in [3.63, 3.8) is 0 Å². The van der Waals surface area contributed by atoms with Crippen molar-refractivity contribution in [2.45, 2.75) is 19.0 Å². The average molecular weight is 554 g/mol. The molecule has 0 N–H and O–H groups in total. The monoisotopic (exact) mass is 553 g/mol. The number of pyridine rings is 2. The molecular formula is C28H26ClF2N5OS. The molecule has 0 spiro atoms. The van der Waals surface area contributed by atoms with Gasteiger partial charge in [0.1, 0.15) is 22.3 Å². The quantitative estimate of drug-likeness (QED) is 0.298. The van der Waals surface area contributed by atoms with E-state index in [4.69, 9.17) is 18.2 Å². The van der Waals surface area contributed by atoms with Crippen molar-refractivity contribution in [2.75, 3.05) is 24.5 Å². The highest BCUT2D eigenvalue weighted by Gasteiger charge is 2.34. The van der Waals surface area contributed by atoms with Gasteiger partial charge < -0.3 is 14.3 Å². The van der Waals surface area contributed by atoms with Gasteiger partial charge in [-0.2, -0.15) is 13.5 Å². The van der Waals surface area contributed by atoms with Gasteiger partial charge in [0.25, 0.3) is 11.4 Å². The molecule has 1 aliphatic rings. The van der Waals surface area contributed by atoms with Crippen LogP contribution >= 0.6 is 25.1 Å². The van der Waals surface area contributed by atoms with Crippen LogP contribution in [0.4, 0.5) is 20.3 Å². The first-order chi connectivity index (χ1) is 17.8. The molecule has 0 bridgehead atoms. The Morgan fingerprint density at radius 3 is 2.11 bits per heavy atom. The number of aromatic nitrogens is 2. The summed E-state index contributed by atoms with van der Waals surface area (Å²) in [4.78, 5) is 25.2. The van der Waals surface area contributed by atoms with E-state index in [-0.39, 0.29) is 53.6 Å². The summed E-state index contributed by atoms with van der Waals surface area (Å²) in [7, 11) is 1.63. The van der Waals surface area contributed by atoms with Crippen molar-refractivity contribution in [3.05, 3.63) is 110 Å². The van der Waals surface area contributed by atoms with Crippen LogP contribution in [0.15, 0.2) is 65.5 Å². The second-order valence-corrected chi connectivity index (χ2v) is 9.59. The summed E-state index contributed by atoms with van der Waals surface area (Å²) in [6.07, 6.45) is 0. The zero-order valence-electron chi connectivity index (χ0n) is 20.8. The topological polar surface area (TPSA) is 45.7 Å². The fourth-order valence-corrected chi connectivity index (χ4v) is 5.46. The molecule has 10 heteroatoms. The highest BCUT2D eigenvalue weighted by Crippen LogP contribution is 2.37. The summed E-state index contributed by atoms with van der Waals surface area (Å²) in [6, 6.07) is 15.8. The second kappa shape index (κ2) is 11.1. The summed E-state index contributed by atoms with van der Waals surface area (Å²) in [6.45, 7) is 11.1. The highest BCUT2D eigenvalue weighted by molar-refractivity contribution is 7.59. The highest BCUT2D eigenvalue weighted by atomic mass is 35.5. The minimum atomic E-state index is -0.327. The number of hydrogen-bond donors (Lipinski definition) is 0. The maximum Gasteiger partial charge on any atom is 0.271 e. The van der Waals surface area contributed by atoms with Gasteiger partial charge in [-0.3, -0.25) is 9.69 Å². The Labute approximate surface area is 231 Å². The van der Waals surface area contributed by atoms with Gasteiger partial charge >= 0.3 is 0 Å². The lowest BCUT2D eigenvalue weighted by Crippen LogP contribution is -2.53. The van der Waals surface area contributed by atoms with Crippen molar-refractivity contribution >= 4 is 47.6 Å². The predicted molar refractivity (Wildman–Crippen MR) is 152 cm³/mol. The van der Waals surface area contributed by atoms with Crippen LogP contribution in [0.2, 0.25) is 5.02 Å². The van der Waals surface area contributed by atoms with E-state index in [0.717, 1.165) is 11.1 Å². The molecule has 2 aromatic carbocycles. The van der Waals surface area contributed by atoms with Crippen molar-refractivity contribution in [3.8, 4) is 0 Å². The first-order valence-corrected chi connectivity index (χ1v) is 12.2. The van der Waals surface area contributed by atoms with Gasteiger partial charge in [0.15, 0.2) is 0 Å². The molecule has 1 saturated heterocycles. The standard InChI is InChI=1S/C28H24ClF2N5O.H2S/c1-17-16-35(27-24(29)28(37)34(3)22-12-13-23(32-2)33-25(22)27)14-15-36(17)26(18-4-8-20(30)9-5-18)19-6-10-21(31)11-7-19;/h4-13,17,26H,14-16H2,1,3H3;1H2/t17-;/m0./s1. The smallest absolute Gasteiger partial charge is 0.271 e. The van der Waals surface area contributed by atoms with Gasteiger partial charge in [-0.05, 0) is 54.4 Å². The molecule has 3 heterocycles. The Morgan fingerprint density at radius 1 is 1.00 bits per heavy atom. The lowest BCUT2D eigenvalue weighted by Gasteiger charge is -2.45. The number of fused-ring (bicyclic) bond motifs is 1. The SMILES string of the molecule is S.[C-]#[N+]c1ccc2c(n1)c(N1CCN(C(c3ccc(F)cc3)c3ccc(F)cc3)[C@@H](C)C1)c(Cl)c(=O)n2C. The van der Waals surface area contributed by atoms with Gasteiger partial charge in [0, 0.05) is 32.7 Å². The summed E-state index contributed by atoms with van der Waals surface area (Å²) >= 11 is 6.60. The Kier molecular flexibility index (Phi) is 8.07. The summed E-state index contributed by atoms with van der Waals surface area (Å²) in [5, 5.41) is 0.0684. The van der Waals surface area contributed by atoms with Crippen molar-refractivity contribution in [1.29, 1.82) is 0 Å². The Morgan fingerprint density at radius 2 is 1.58 bits per heavy atom. The van der Waals surface area contributed by atoms with Crippen LogP contribution in [0.3, 0.4) is 0 Å². The Balaban J connectivity index is 0.00000336. The molecule has 0 aliphatic carbocycles. The van der Waals surface area contributed by atoms with Crippen LogP contribution in [0.5, 0.6) is 0 Å². The first kappa shape index (κ1) is 27.6. The maximum atomic E-state index is 13.7. The van der Waals surface area contributed by atoms with E-state index in [0.29, 0.717) is 36.4 Å². The molecule has 0 unspecified atom stereocenters. The average Bonchev–Trinajstić information content (AvgIpc) is 2.90. The zero-order valence-corrected chi connectivity index (χ0v) is 22.6. The van der Waals surface area contributed by atoms with Crippen molar-refractivity contribution in [2.24, 2.45) is 7.05 Å². The van der Waals surface area contributed by atoms with E-state index in [9.17, 15) is 13.6 Å². The van der Waals surface area contributed by atoms with Gasteiger partial charge in [0.2, 0.25) is 5.52 Å². The third-order valence-corrected chi connectivity index (χ3v) is 7.30. The fraction of sp³-hybridized carbons (Fsp3) is 0.250. The number of piperazine rings is 1. The first-order valence-electron chi connectivity index (χ1n) is 11.9. The molecule has 0 amide bonds. The molecule has 5 rings (SSSR count). The number of aryl methyl sites for hydroxylation is 1. The molecule has 4 aromatic rings. The van der Waals surface area contributed by atoms with Gasteiger partial charge in [-0.15, -0.1) is 4.98 Å². The second-order valence-electron chi connectivity index (χ2n) is 9.21. The van der Waals surface area contributed by atoms with Gasteiger partial charge in [0.05, 0.1) is 11.6 Å². The normalized spacial score (nSPS) is 15.9.